The summed E-state index contributed by atoms with van der Waals surface area (Å²) >= 11 is 0. The van der Waals surface area contributed by atoms with Crippen molar-refractivity contribution < 1.29 is 14.3 Å². The van der Waals surface area contributed by atoms with E-state index in [-0.39, 0.29) is 29.4 Å². The van der Waals surface area contributed by atoms with E-state index in [1.165, 1.54) is 12.5 Å². The van der Waals surface area contributed by atoms with Crippen LogP contribution in [-0.2, 0) is 6.42 Å². The van der Waals surface area contributed by atoms with Crippen LogP contribution in [0.5, 0.6) is 0 Å². The van der Waals surface area contributed by atoms with Gasteiger partial charge in [0.1, 0.15) is 11.4 Å². The fourth-order valence-electron chi connectivity index (χ4n) is 3.46. The summed E-state index contributed by atoms with van der Waals surface area (Å²) in [5.41, 5.74) is 0.685. The second-order valence-electron chi connectivity index (χ2n) is 6.02. The van der Waals surface area contributed by atoms with Crippen molar-refractivity contribution in [2.75, 3.05) is 0 Å². The van der Waals surface area contributed by atoms with Crippen LogP contribution in [-0.4, -0.2) is 25.2 Å². The van der Waals surface area contributed by atoms with E-state index in [4.69, 9.17) is 0 Å². The molecule has 1 aromatic carbocycles. The Hall–Kier alpha value is -2.67. The fraction of sp³-hybridized carbons (Fsp3) is 0.235. The Balaban J connectivity index is 0.00000182. The van der Waals surface area contributed by atoms with Gasteiger partial charge in [0.05, 0.1) is 17.5 Å². The lowest BCUT2D eigenvalue weighted by Crippen LogP contribution is -2.25. The molecule has 0 amide bonds. The minimum atomic E-state index is -1.30. The van der Waals surface area contributed by atoms with Crippen LogP contribution < -0.4 is 5.43 Å². The summed E-state index contributed by atoms with van der Waals surface area (Å²) in [6.45, 7) is 1.96. The van der Waals surface area contributed by atoms with Crippen molar-refractivity contribution in [2.24, 2.45) is 0 Å². The molecule has 25 heavy (non-hydrogen) atoms. The molecule has 0 aliphatic carbocycles. The zero-order chi connectivity index (χ0) is 17.0. The van der Waals surface area contributed by atoms with Crippen molar-refractivity contribution >= 4 is 29.3 Å². The van der Waals surface area contributed by atoms with Crippen LogP contribution in [0, 0.1) is 5.82 Å². The number of hydrogen-bond acceptors (Lipinski definition) is 3. The minimum absolute atomic E-state index is 0. The summed E-state index contributed by atoms with van der Waals surface area (Å²) in [4.78, 5) is 27.8. The minimum Gasteiger partial charge on any atom is -0.477 e. The molecule has 1 aliphatic rings. The number of benzene rings is 1. The Labute approximate surface area is 147 Å². The second kappa shape index (κ2) is 6.00. The molecule has 1 aliphatic heterocycles. The molecular formula is C17H15ClFN3O3. The lowest BCUT2D eigenvalue weighted by molar-refractivity contribution is 0.0694. The summed E-state index contributed by atoms with van der Waals surface area (Å²) < 4.78 is 18.1. The summed E-state index contributed by atoms with van der Waals surface area (Å²) in [7, 11) is 0. The molecule has 1 unspecified atom stereocenters. The number of pyridine rings is 1. The third-order valence-corrected chi connectivity index (χ3v) is 4.62. The first-order chi connectivity index (χ1) is 11.5. The van der Waals surface area contributed by atoms with E-state index in [1.54, 1.807) is 21.5 Å². The normalized spacial score (nSPS) is 15.8. The van der Waals surface area contributed by atoms with E-state index >= 15 is 0 Å². The molecule has 0 saturated heterocycles. The molecule has 1 N–H and O–H groups in total. The molecule has 130 valence electrons. The van der Waals surface area contributed by atoms with Crippen LogP contribution in [0.3, 0.4) is 0 Å². The zero-order valence-electron chi connectivity index (χ0n) is 13.3. The summed E-state index contributed by atoms with van der Waals surface area (Å²) in [6.07, 6.45) is 7.42. The summed E-state index contributed by atoms with van der Waals surface area (Å²) in [5.74, 6) is -1.86. The van der Waals surface area contributed by atoms with Crippen LogP contribution in [0.2, 0.25) is 0 Å². The van der Waals surface area contributed by atoms with Gasteiger partial charge in [-0.3, -0.25) is 4.79 Å². The molecule has 0 fully saturated rings. The molecule has 8 heteroatoms. The monoisotopic (exact) mass is 363 g/mol. The number of carboxylic acid groups (broad SMARTS) is 1. The van der Waals surface area contributed by atoms with Crippen molar-refractivity contribution in [3.8, 4) is 5.69 Å². The number of imidazole rings is 1. The number of aryl methyl sites for hydroxylation is 1. The van der Waals surface area contributed by atoms with E-state index < -0.39 is 17.2 Å². The number of carboxylic acids is 1. The number of nitrogens with zero attached hydrogens (tertiary/aromatic N) is 3. The van der Waals surface area contributed by atoms with Crippen molar-refractivity contribution in [1.29, 1.82) is 0 Å². The fourth-order valence-corrected chi connectivity index (χ4v) is 3.46. The molecule has 2 aromatic heterocycles. The van der Waals surface area contributed by atoms with Crippen molar-refractivity contribution in [1.82, 2.24) is 14.1 Å². The topological polar surface area (TPSA) is 77.1 Å². The average molecular weight is 364 g/mol. The Kier molecular flexibility index (Phi) is 4.12. The van der Waals surface area contributed by atoms with Gasteiger partial charge in [-0.1, -0.05) is 0 Å². The van der Waals surface area contributed by atoms with E-state index in [9.17, 15) is 19.1 Å². The third-order valence-electron chi connectivity index (χ3n) is 4.62. The van der Waals surface area contributed by atoms with Crippen LogP contribution in [0.1, 0.15) is 35.3 Å². The summed E-state index contributed by atoms with van der Waals surface area (Å²) in [6, 6.07) is 1.16. The van der Waals surface area contributed by atoms with Gasteiger partial charge in [0.25, 0.3) is 0 Å². The SMILES string of the molecule is CC1CCc2c(-n3ccnc3)c(F)cc3c(=O)c(C(=O)O)cn1c23.Cl. The molecule has 3 aromatic rings. The third kappa shape index (κ3) is 2.42. The number of carbonyl (C=O) groups is 1. The first-order valence-corrected chi connectivity index (χ1v) is 7.61. The van der Waals surface area contributed by atoms with Gasteiger partial charge in [0, 0.05) is 35.6 Å². The maximum absolute atomic E-state index is 14.8. The van der Waals surface area contributed by atoms with E-state index in [0.29, 0.717) is 23.2 Å². The maximum Gasteiger partial charge on any atom is 0.341 e. The van der Waals surface area contributed by atoms with Crippen LogP contribution in [0.25, 0.3) is 16.6 Å². The number of hydrogen-bond donors (Lipinski definition) is 1. The van der Waals surface area contributed by atoms with Crippen LogP contribution in [0.15, 0.2) is 35.8 Å². The first kappa shape index (κ1) is 17.2. The number of halogens is 2. The highest BCUT2D eigenvalue weighted by Crippen LogP contribution is 2.35. The average Bonchev–Trinajstić information content (AvgIpc) is 3.06. The first-order valence-electron chi connectivity index (χ1n) is 7.61. The predicted molar refractivity (Wildman–Crippen MR) is 92.5 cm³/mol. The molecule has 6 nitrogen and oxygen atoms in total. The Bertz CT molecular complexity index is 1040. The maximum atomic E-state index is 14.8. The van der Waals surface area contributed by atoms with Gasteiger partial charge < -0.3 is 14.2 Å². The van der Waals surface area contributed by atoms with Crippen molar-refractivity contribution in [3.05, 3.63) is 58.2 Å². The Morgan fingerprint density at radius 2 is 2.20 bits per heavy atom. The quantitative estimate of drug-likeness (QED) is 0.759. The lowest BCUT2D eigenvalue weighted by Gasteiger charge is -2.28. The van der Waals surface area contributed by atoms with E-state index in [1.807, 2.05) is 6.92 Å². The molecule has 4 rings (SSSR count). The van der Waals surface area contributed by atoms with E-state index in [0.717, 1.165) is 12.5 Å². The number of rotatable bonds is 2. The van der Waals surface area contributed by atoms with Gasteiger partial charge in [-0.25, -0.2) is 14.2 Å². The van der Waals surface area contributed by atoms with Gasteiger partial charge in [0.2, 0.25) is 5.43 Å². The van der Waals surface area contributed by atoms with Crippen molar-refractivity contribution in [2.45, 2.75) is 25.8 Å². The predicted octanol–water partition coefficient (Wildman–Crippen LogP) is 2.95. The van der Waals surface area contributed by atoms with Gasteiger partial charge in [-0.2, -0.15) is 0 Å². The summed E-state index contributed by atoms with van der Waals surface area (Å²) in [5, 5.41) is 9.38. The second-order valence-corrected chi connectivity index (χ2v) is 6.02. The molecule has 0 spiro atoms. The molecule has 3 heterocycles. The lowest BCUT2D eigenvalue weighted by atomic mass is 9.94. The smallest absolute Gasteiger partial charge is 0.341 e. The molecule has 1 atom stereocenters. The largest absolute Gasteiger partial charge is 0.477 e. The van der Waals surface area contributed by atoms with Crippen LogP contribution >= 0.6 is 12.4 Å². The van der Waals surface area contributed by atoms with Gasteiger partial charge in [-0.05, 0) is 25.8 Å². The van der Waals surface area contributed by atoms with Gasteiger partial charge in [-0.15, -0.1) is 12.4 Å². The number of aromatic carboxylic acids is 1. The van der Waals surface area contributed by atoms with Gasteiger partial charge >= 0.3 is 5.97 Å². The molecular weight excluding hydrogens is 349 g/mol. The molecule has 0 radical (unpaired) electrons. The number of aromatic nitrogens is 3. The molecule has 0 saturated carbocycles. The van der Waals surface area contributed by atoms with Gasteiger partial charge in [0.15, 0.2) is 0 Å². The van der Waals surface area contributed by atoms with Crippen molar-refractivity contribution in [3.63, 3.8) is 0 Å². The highest BCUT2D eigenvalue weighted by atomic mass is 35.5. The van der Waals surface area contributed by atoms with E-state index in [2.05, 4.69) is 4.98 Å². The molecule has 0 bridgehead atoms. The highest BCUT2D eigenvalue weighted by Gasteiger charge is 2.27. The Morgan fingerprint density at radius 3 is 2.84 bits per heavy atom. The van der Waals surface area contributed by atoms with Crippen LogP contribution in [0.4, 0.5) is 4.39 Å². The highest BCUT2D eigenvalue weighted by molar-refractivity contribution is 5.94. The Morgan fingerprint density at radius 1 is 1.44 bits per heavy atom. The standard InChI is InChI=1S/C17H14FN3O3.ClH/c1-9-2-3-10-14-11(16(22)12(17(23)24)7-21(9)14)6-13(18)15(10)20-5-4-19-8-20;/h4-9H,2-3H2,1H3,(H,23,24);1H. The zero-order valence-corrected chi connectivity index (χ0v) is 14.1.